The summed E-state index contributed by atoms with van der Waals surface area (Å²) in [4.78, 5) is 8.82. The van der Waals surface area contributed by atoms with Crippen molar-refractivity contribution in [1.29, 1.82) is 0 Å². The molecule has 0 saturated heterocycles. The molecule has 2 aromatic rings. The molecule has 3 rings (SSSR count). The zero-order valence-electron chi connectivity index (χ0n) is 9.05. The van der Waals surface area contributed by atoms with Crippen LogP contribution in [0.3, 0.4) is 0 Å². The number of rotatable bonds is 1. The molecule has 0 radical (unpaired) electrons. The van der Waals surface area contributed by atoms with Crippen molar-refractivity contribution in [3.63, 3.8) is 0 Å². The Bertz CT molecular complexity index is 525. The summed E-state index contributed by atoms with van der Waals surface area (Å²) in [6.45, 7) is 2.13. The van der Waals surface area contributed by atoms with Crippen molar-refractivity contribution in [2.45, 2.75) is 17.9 Å². The Hall–Kier alpha value is -1.35. The molecule has 2 nitrogen and oxygen atoms in total. The van der Waals surface area contributed by atoms with Crippen LogP contribution in [0.1, 0.15) is 22.7 Å². The molecule has 0 fully saturated rings. The summed E-state index contributed by atoms with van der Waals surface area (Å²) >= 11 is 1.80. The molecule has 0 amide bonds. The van der Waals surface area contributed by atoms with E-state index in [9.17, 15) is 0 Å². The molecule has 0 N–H and O–H groups in total. The second-order valence-corrected chi connectivity index (χ2v) is 5.03. The maximum absolute atomic E-state index is 4.46. The summed E-state index contributed by atoms with van der Waals surface area (Å²) in [5.74, 6) is 1.47. The van der Waals surface area contributed by atoms with Crippen molar-refractivity contribution in [3.05, 3.63) is 53.5 Å². The molecule has 1 aliphatic heterocycles. The van der Waals surface area contributed by atoms with Crippen molar-refractivity contribution in [3.8, 4) is 0 Å². The van der Waals surface area contributed by atoms with E-state index in [0.717, 1.165) is 16.5 Å². The predicted octanol–water partition coefficient (Wildman–Crippen LogP) is 3.02. The number of fused-ring (bicyclic) bond motifs is 1. The molecule has 0 saturated carbocycles. The molecule has 1 atom stereocenters. The van der Waals surface area contributed by atoms with Crippen LogP contribution in [0.5, 0.6) is 0 Å². The van der Waals surface area contributed by atoms with Crippen LogP contribution < -0.4 is 0 Å². The summed E-state index contributed by atoms with van der Waals surface area (Å²) in [5, 5.41) is 1.09. The minimum Gasteiger partial charge on any atom is -0.256 e. The summed E-state index contributed by atoms with van der Waals surface area (Å²) in [6.07, 6.45) is 3.55. The lowest BCUT2D eigenvalue weighted by Crippen LogP contribution is -2.02. The van der Waals surface area contributed by atoms with Gasteiger partial charge in [-0.2, -0.15) is 0 Å². The van der Waals surface area contributed by atoms with Gasteiger partial charge in [0.25, 0.3) is 0 Å². The first-order valence-corrected chi connectivity index (χ1v) is 6.33. The second-order valence-electron chi connectivity index (χ2n) is 4.02. The fraction of sp³-hybridized carbons (Fsp3) is 0.231. The molecule has 16 heavy (non-hydrogen) atoms. The number of nitrogens with zero attached hydrogens (tertiary/aromatic N) is 2. The molecule has 80 valence electrons. The fourth-order valence-corrected chi connectivity index (χ4v) is 3.22. The highest BCUT2D eigenvalue weighted by Crippen LogP contribution is 2.40. The van der Waals surface area contributed by atoms with Crippen LogP contribution in [0.4, 0.5) is 0 Å². The van der Waals surface area contributed by atoms with E-state index in [1.165, 1.54) is 11.1 Å². The van der Waals surface area contributed by atoms with E-state index < -0.39 is 0 Å². The predicted molar refractivity (Wildman–Crippen MR) is 65.8 cm³/mol. The van der Waals surface area contributed by atoms with E-state index in [-0.39, 0.29) is 0 Å². The summed E-state index contributed by atoms with van der Waals surface area (Å²) in [7, 11) is 0. The van der Waals surface area contributed by atoms with E-state index in [4.69, 9.17) is 0 Å². The largest absolute Gasteiger partial charge is 0.256 e. The molecule has 0 bridgehead atoms. The Labute approximate surface area is 99.1 Å². The highest BCUT2D eigenvalue weighted by atomic mass is 32.2. The van der Waals surface area contributed by atoms with Crippen LogP contribution in [0, 0.1) is 6.92 Å². The van der Waals surface area contributed by atoms with Gasteiger partial charge in [0, 0.05) is 24.1 Å². The van der Waals surface area contributed by atoms with Crippen LogP contribution in [-0.2, 0) is 0 Å². The Morgan fingerprint density at radius 1 is 1.25 bits per heavy atom. The van der Waals surface area contributed by atoms with Crippen molar-refractivity contribution in [2.75, 3.05) is 5.75 Å². The smallest absolute Gasteiger partial charge is 0.118 e. The lowest BCUT2D eigenvalue weighted by Gasteiger charge is -2.10. The third kappa shape index (κ3) is 1.61. The van der Waals surface area contributed by atoms with Crippen LogP contribution >= 0.6 is 11.8 Å². The number of hydrogen-bond acceptors (Lipinski definition) is 3. The Balaban J connectivity index is 2.05. The first-order valence-electron chi connectivity index (χ1n) is 5.35. The molecular formula is C13H12N2S. The lowest BCUT2D eigenvalue weighted by molar-refractivity contribution is 0.846. The van der Waals surface area contributed by atoms with Gasteiger partial charge >= 0.3 is 0 Å². The monoisotopic (exact) mass is 228 g/mol. The second kappa shape index (κ2) is 3.91. The van der Waals surface area contributed by atoms with Gasteiger partial charge in [-0.1, -0.05) is 29.8 Å². The van der Waals surface area contributed by atoms with Gasteiger partial charge in [0.2, 0.25) is 0 Å². The van der Waals surface area contributed by atoms with Gasteiger partial charge in [-0.25, -0.2) is 4.98 Å². The standard InChI is InChI=1S/C13H12N2S/c1-9-3-2-4-10(7-9)11-8-16-13-12(11)14-5-6-15-13/h2-7,11H,8H2,1H3. The molecule has 1 aliphatic rings. The van der Waals surface area contributed by atoms with Crippen molar-refractivity contribution in [1.82, 2.24) is 9.97 Å². The van der Waals surface area contributed by atoms with E-state index >= 15 is 0 Å². The van der Waals surface area contributed by atoms with Gasteiger partial charge < -0.3 is 0 Å². The normalized spacial score (nSPS) is 18.4. The third-order valence-electron chi connectivity index (χ3n) is 2.85. The first-order chi connectivity index (χ1) is 7.84. The highest BCUT2D eigenvalue weighted by Gasteiger charge is 2.26. The Kier molecular flexibility index (Phi) is 2.40. The van der Waals surface area contributed by atoms with Crippen molar-refractivity contribution in [2.24, 2.45) is 0 Å². The van der Waals surface area contributed by atoms with Crippen LogP contribution in [0.25, 0.3) is 0 Å². The lowest BCUT2D eigenvalue weighted by atomic mass is 9.97. The van der Waals surface area contributed by atoms with Gasteiger partial charge in [-0.3, -0.25) is 4.98 Å². The van der Waals surface area contributed by atoms with E-state index in [1.807, 2.05) is 0 Å². The third-order valence-corrected chi connectivity index (χ3v) is 3.94. The maximum atomic E-state index is 4.46. The zero-order valence-corrected chi connectivity index (χ0v) is 9.87. The Morgan fingerprint density at radius 2 is 2.12 bits per heavy atom. The maximum Gasteiger partial charge on any atom is 0.118 e. The number of aryl methyl sites for hydroxylation is 1. The molecule has 3 heteroatoms. The van der Waals surface area contributed by atoms with Crippen molar-refractivity contribution < 1.29 is 0 Å². The van der Waals surface area contributed by atoms with Crippen LogP contribution in [-0.4, -0.2) is 15.7 Å². The van der Waals surface area contributed by atoms with Gasteiger partial charge in [0.1, 0.15) is 5.03 Å². The molecule has 1 unspecified atom stereocenters. The fourth-order valence-electron chi connectivity index (χ4n) is 2.07. The minimum absolute atomic E-state index is 0.411. The van der Waals surface area contributed by atoms with Crippen LogP contribution in [0.15, 0.2) is 41.7 Å². The molecular weight excluding hydrogens is 216 g/mol. The number of thioether (sulfide) groups is 1. The first kappa shape index (κ1) is 9.85. The molecule has 0 spiro atoms. The SMILES string of the molecule is Cc1cccc(C2CSc3nccnc32)c1. The average Bonchev–Trinajstić information content (AvgIpc) is 2.72. The molecule has 1 aromatic carbocycles. The minimum atomic E-state index is 0.411. The summed E-state index contributed by atoms with van der Waals surface area (Å²) < 4.78 is 0. The average molecular weight is 228 g/mol. The van der Waals surface area contributed by atoms with Gasteiger partial charge in [-0.15, -0.1) is 11.8 Å². The van der Waals surface area contributed by atoms with E-state index in [1.54, 1.807) is 24.2 Å². The molecule has 2 heterocycles. The summed E-state index contributed by atoms with van der Waals surface area (Å²) in [5.41, 5.74) is 3.80. The summed E-state index contributed by atoms with van der Waals surface area (Å²) in [6, 6.07) is 8.67. The number of hydrogen-bond donors (Lipinski definition) is 0. The van der Waals surface area contributed by atoms with E-state index in [0.29, 0.717) is 5.92 Å². The zero-order chi connectivity index (χ0) is 11.0. The van der Waals surface area contributed by atoms with Gasteiger partial charge in [0.05, 0.1) is 5.69 Å². The van der Waals surface area contributed by atoms with Gasteiger partial charge in [0.15, 0.2) is 0 Å². The number of benzene rings is 1. The Morgan fingerprint density at radius 3 is 3.00 bits per heavy atom. The topological polar surface area (TPSA) is 25.8 Å². The van der Waals surface area contributed by atoms with E-state index in [2.05, 4.69) is 41.2 Å². The van der Waals surface area contributed by atoms with Crippen molar-refractivity contribution >= 4 is 11.8 Å². The highest BCUT2D eigenvalue weighted by molar-refractivity contribution is 7.99. The number of aromatic nitrogens is 2. The molecule has 1 aromatic heterocycles. The van der Waals surface area contributed by atoms with Crippen LogP contribution in [0.2, 0.25) is 0 Å². The quantitative estimate of drug-likeness (QED) is 0.750. The van der Waals surface area contributed by atoms with Gasteiger partial charge in [-0.05, 0) is 12.5 Å². The molecule has 0 aliphatic carbocycles.